The van der Waals surface area contributed by atoms with Gasteiger partial charge in [-0.3, -0.25) is 0 Å². The van der Waals surface area contributed by atoms with Crippen LogP contribution in [0.4, 0.5) is 17.1 Å². The van der Waals surface area contributed by atoms with Crippen molar-refractivity contribution in [3.63, 3.8) is 0 Å². The van der Waals surface area contributed by atoms with E-state index in [9.17, 15) is 0 Å². The molecule has 0 aliphatic rings. The molecule has 8 aromatic rings. The molecule has 0 aromatic heterocycles. The van der Waals surface area contributed by atoms with E-state index in [0.717, 1.165) is 27.1 Å². The summed E-state index contributed by atoms with van der Waals surface area (Å²) in [4.78, 5) is 0. The first-order valence-corrected chi connectivity index (χ1v) is 17.7. The van der Waals surface area contributed by atoms with E-state index in [2.05, 4.69) is 167 Å². The highest BCUT2D eigenvalue weighted by molar-refractivity contribution is 9.10. The van der Waals surface area contributed by atoms with Crippen molar-refractivity contribution in [2.24, 2.45) is 0 Å². The molecule has 0 saturated carbocycles. The van der Waals surface area contributed by atoms with Gasteiger partial charge in [-0.25, -0.2) is 0 Å². The lowest BCUT2D eigenvalue weighted by Crippen LogP contribution is -1.95. The van der Waals surface area contributed by atoms with Crippen molar-refractivity contribution >= 4 is 33.0 Å². The smallest absolute Gasteiger partial charge is 0.0464 e. The van der Waals surface area contributed by atoms with Crippen LogP contribution in [0.1, 0.15) is 7.43 Å². The van der Waals surface area contributed by atoms with Crippen molar-refractivity contribution < 1.29 is 0 Å². The minimum Gasteiger partial charge on any atom is -0.398 e. The number of benzene rings is 8. The first-order valence-electron chi connectivity index (χ1n) is 16.9. The summed E-state index contributed by atoms with van der Waals surface area (Å²) in [5.74, 6) is 0. The van der Waals surface area contributed by atoms with Crippen LogP contribution in [0, 0.1) is 0 Å². The van der Waals surface area contributed by atoms with Crippen molar-refractivity contribution in [3.05, 3.63) is 223 Å². The third-order valence-corrected chi connectivity index (χ3v) is 8.99. The average Bonchev–Trinajstić information content (AvgIpc) is 3.21. The van der Waals surface area contributed by atoms with Gasteiger partial charge < -0.3 is 11.1 Å². The molecule has 0 fully saturated rings. The van der Waals surface area contributed by atoms with Gasteiger partial charge in [0, 0.05) is 38.2 Å². The summed E-state index contributed by atoms with van der Waals surface area (Å²) in [5.41, 5.74) is 18.5. The first-order chi connectivity index (χ1) is 25.2. The average molecular weight is 740 g/mol. The van der Waals surface area contributed by atoms with E-state index in [1.807, 2.05) is 72.8 Å². The second-order valence-corrected chi connectivity index (χ2v) is 12.6. The van der Waals surface area contributed by atoms with Gasteiger partial charge in [-0.15, -0.1) is 0 Å². The number of nitrogens with one attached hydrogen (secondary N) is 1. The topological polar surface area (TPSA) is 38.0 Å². The Bertz CT molecular complexity index is 2070. The molecule has 0 bridgehead atoms. The van der Waals surface area contributed by atoms with E-state index >= 15 is 0 Å². The molecule has 3 heteroatoms. The molecular formula is C49H43BrN2. The summed E-state index contributed by atoms with van der Waals surface area (Å²) in [5, 5.41) is 3.64. The zero-order valence-electron chi connectivity index (χ0n) is 28.2. The zero-order chi connectivity index (χ0) is 35.1. The minimum absolute atomic E-state index is 0. The summed E-state index contributed by atoms with van der Waals surface area (Å²) >= 11 is 3.53. The van der Waals surface area contributed by atoms with Crippen LogP contribution in [0.15, 0.2) is 223 Å². The molecule has 0 radical (unpaired) electrons. The van der Waals surface area contributed by atoms with Crippen molar-refractivity contribution in [2.75, 3.05) is 11.1 Å². The van der Waals surface area contributed by atoms with E-state index in [1.165, 1.54) is 38.9 Å². The number of hydrogen-bond acceptors (Lipinski definition) is 2. The third-order valence-electron chi connectivity index (χ3n) is 8.30. The molecule has 256 valence electrons. The first kappa shape index (κ1) is 37.1. The highest BCUT2D eigenvalue weighted by Gasteiger charge is 2.08. The van der Waals surface area contributed by atoms with Crippen LogP contribution in [-0.4, -0.2) is 0 Å². The van der Waals surface area contributed by atoms with Crippen molar-refractivity contribution in [3.8, 4) is 44.5 Å². The molecule has 2 nitrogen and oxygen atoms in total. The fourth-order valence-corrected chi connectivity index (χ4v) is 6.27. The summed E-state index contributed by atoms with van der Waals surface area (Å²) in [6.45, 7) is 0. The number of anilines is 3. The van der Waals surface area contributed by atoms with Gasteiger partial charge in [-0.1, -0.05) is 217 Å². The molecule has 0 unspecified atom stereocenters. The normalized spacial score (nSPS) is 9.94. The second-order valence-electron chi connectivity index (χ2n) is 11.7. The standard InChI is InChI=1S/C24H19N.C12H9Br.C12H11N.CH4/c1-3-11-19(12-4-1)21-15-7-9-17-23(21)25-24-18-10-8-16-22(24)20-13-5-2-6-14-20;2*13-12-9-5-4-8-11(12)10-6-2-1-3-7-10;/h1-18,25H;1-9H;1-9H,13H2;1H4. The number of nitrogen functional groups attached to an aromatic ring is 1. The quantitative estimate of drug-likeness (QED) is 0.167. The van der Waals surface area contributed by atoms with Crippen LogP contribution in [0.25, 0.3) is 44.5 Å². The molecule has 0 atom stereocenters. The Morgan fingerprint density at radius 3 is 1.00 bits per heavy atom. The summed E-state index contributed by atoms with van der Waals surface area (Å²) < 4.78 is 1.14. The van der Waals surface area contributed by atoms with Gasteiger partial charge >= 0.3 is 0 Å². The van der Waals surface area contributed by atoms with Gasteiger partial charge in [0.15, 0.2) is 0 Å². The van der Waals surface area contributed by atoms with Gasteiger partial charge in [-0.05, 0) is 52.1 Å². The fraction of sp³-hybridized carbons (Fsp3) is 0.0204. The Labute approximate surface area is 317 Å². The number of rotatable bonds is 6. The summed E-state index contributed by atoms with van der Waals surface area (Å²) in [6, 6.07) is 74.5. The molecular weight excluding hydrogens is 696 g/mol. The highest BCUT2D eigenvalue weighted by Crippen LogP contribution is 2.34. The minimum atomic E-state index is 0. The Balaban J connectivity index is 0.000000164. The zero-order valence-corrected chi connectivity index (χ0v) is 29.8. The van der Waals surface area contributed by atoms with E-state index in [-0.39, 0.29) is 7.43 Å². The fourth-order valence-electron chi connectivity index (χ4n) is 5.76. The Morgan fingerprint density at radius 2 is 0.596 bits per heavy atom. The monoisotopic (exact) mass is 738 g/mol. The van der Waals surface area contributed by atoms with E-state index < -0.39 is 0 Å². The van der Waals surface area contributed by atoms with Gasteiger partial charge in [0.25, 0.3) is 0 Å². The van der Waals surface area contributed by atoms with E-state index in [4.69, 9.17) is 5.73 Å². The molecule has 52 heavy (non-hydrogen) atoms. The van der Waals surface area contributed by atoms with Crippen LogP contribution < -0.4 is 11.1 Å². The predicted molar refractivity (Wildman–Crippen MR) is 230 cm³/mol. The number of para-hydroxylation sites is 3. The molecule has 0 amide bonds. The van der Waals surface area contributed by atoms with E-state index in [0.29, 0.717) is 0 Å². The van der Waals surface area contributed by atoms with Gasteiger partial charge in [0.1, 0.15) is 0 Å². The second kappa shape index (κ2) is 19.3. The SMILES string of the molecule is Brc1ccccc1-c1ccccc1.C.Nc1ccccc1-c1ccccc1.c1ccc(-c2ccccc2Nc2ccccc2-c2ccccc2)cc1. The maximum atomic E-state index is 5.85. The molecule has 0 aliphatic carbocycles. The predicted octanol–water partition coefficient (Wildman–Crippen LogP) is 14.5. The lowest BCUT2D eigenvalue weighted by atomic mass is 10.0. The number of nitrogens with two attached hydrogens (primary N) is 1. The molecule has 0 aliphatic heterocycles. The van der Waals surface area contributed by atoms with Gasteiger partial charge in [-0.2, -0.15) is 0 Å². The molecule has 3 N–H and O–H groups in total. The molecule has 0 spiro atoms. The van der Waals surface area contributed by atoms with Crippen LogP contribution in [-0.2, 0) is 0 Å². The lowest BCUT2D eigenvalue weighted by Gasteiger charge is -2.15. The Kier molecular flexibility index (Phi) is 13.8. The maximum absolute atomic E-state index is 5.85. The van der Waals surface area contributed by atoms with Gasteiger partial charge in [0.05, 0.1) is 0 Å². The molecule has 8 aromatic carbocycles. The number of hydrogen-bond donors (Lipinski definition) is 2. The molecule has 8 rings (SSSR count). The van der Waals surface area contributed by atoms with Gasteiger partial charge in [0.2, 0.25) is 0 Å². The van der Waals surface area contributed by atoms with Crippen LogP contribution in [0.3, 0.4) is 0 Å². The Morgan fingerprint density at radius 1 is 0.308 bits per heavy atom. The van der Waals surface area contributed by atoms with Crippen molar-refractivity contribution in [2.45, 2.75) is 7.43 Å². The largest absolute Gasteiger partial charge is 0.398 e. The van der Waals surface area contributed by atoms with Crippen LogP contribution >= 0.6 is 15.9 Å². The number of halogens is 1. The van der Waals surface area contributed by atoms with Crippen LogP contribution in [0.5, 0.6) is 0 Å². The molecule has 0 heterocycles. The highest BCUT2D eigenvalue weighted by atomic mass is 79.9. The maximum Gasteiger partial charge on any atom is 0.0464 e. The van der Waals surface area contributed by atoms with Crippen LogP contribution in [0.2, 0.25) is 0 Å². The van der Waals surface area contributed by atoms with Crippen molar-refractivity contribution in [1.82, 2.24) is 0 Å². The lowest BCUT2D eigenvalue weighted by molar-refractivity contribution is 1.52. The third kappa shape index (κ3) is 9.97. The van der Waals surface area contributed by atoms with E-state index in [1.54, 1.807) is 0 Å². The summed E-state index contributed by atoms with van der Waals surface area (Å²) in [7, 11) is 0. The molecule has 0 saturated heterocycles. The Hall–Kier alpha value is -6.16. The summed E-state index contributed by atoms with van der Waals surface area (Å²) in [6.07, 6.45) is 0. The van der Waals surface area contributed by atoms with Crippen molar-refractivity contribution in [1.29, 1.82) is 0 Å².